The lowest BCUT2D eigenvalue weighted by molar-refractivity contribution is 0.0617. The van der Waals surface area contributed by atoms with Gasteiger partial charge in [0.05, 0.1) is 12.1 Å². The number of benzene rings is 2. The zero-order valence-electron chi connectivity index (χ0n) is 16.4. The van der Waals surface area contributed by atoms with Crippen molar-refractivity contribution in [1.29, 1.82) is 0 Å². The fraction of sp³-hybridized carbons (Fsp3) is 0.478. The highest BCUT2D eigenvalue weighted by atomic mass is 35.5. The maximum atomic E-state index is 10.7. The van der Waals surface area contributed by atoms with E-state index in [0.717, 1.165) is 40.8 Å². The topological polar surface area (TPSA) is 55.5 Å². The molecule has 3 rings (SSSR count). The SMILES string of the molecule is Cc1cc([C@H](N)[C@H](O)C2CCCCC2)cc(C)c1OCc1ccccc1.Cl. The van der Waals surface area contributed by atoms with Crippen LogP contribution in [0.3, 0.4) is 0 Å². The van der Waals surface area contributed by atoms with E-state index in [1.807, 2.05) is 18.2 Å². The number of aliphatic hydroxyl groups excluding tert-OH is 1. The van der Waals surface area contributed by atoms with Gasteiger partial charge in [0, 0.05) is 0 Å². The summed E-state index contributed by atoms with van der Waals surface area (Å²) in [6.07, 6.45) is 5.41. The molecule has 0 bridgehead atoms. The van der Waals surface area contributed by atoms with Crippen molar-refractivity contribution >= 4 is 12.4 Å². The van der Waals surface area contributed by atoms with Gasteiger partial charge in [0.25, 0.3) is 0 Å². The smallest absolute Gasteiger partial charge is 0.125 e. The number of aryl methyl sites for hydroxylation is 2. The summed E-state index contributed by atoms with van der Waals surface area (Å²) in [4.78, 5) is 0. The largest absolute Gasteiger partial charge is 0.488 e. The van der Waals surface area contributed by atoms with Crippen LogP contribution in [0.15, 0.2) is 42.5 Å². The summed E-state index contributed by atoms with van der Waals surface area (Å²) in [6, 6.07) is 14.0. The number of ether oxygens (including phenoxy) is 1. The van der Waals surface area contributed by atoms with Gasteiger partial charge in [-0.2, -0.15) is 0 Å². The van der Waals surface area contributed by atoms with Gasteiger partial charge in [-0.25, -0.2) is 0 Å². The van der Waals surface area contributed by atoms with E-state index in [2.05, 4.69) is 38.1 Å². The van der Waals surface area contributed by atoms with Gasteiger partial charge in [0.2, 0.25) is 0 Å². The highest BCUT2D eigenvalue weighted by Crippen LogP contribution is 2.34. The van der Waals surface area contributed by atoms with Gasteiger partial charge in [-0.3, -0.25) is 0 Å². The minimum atomic E-state index is -0.467. The maximum Gasteiger partial charge on any atom is 0.125 e. The number of hydrogen-bond donors (Lipinski definition) is 2. The van der Waals surface area contributed by atoms with Crippen molar-refractivity contribution in [3.05, 3.63) is 64.7 Å². The molecule has 1 aliphatic rings. The molecule has 3 N–H and O–H groups in total. The monoisotopic (exact) mass is 389 g/mol. The van der Waals surface area contributed by atoms with Crippen LogP contribution in [0.1, 0.15) is 60.4 Å². The third kappa shape index (κ3) is 5.47. The first kappa shape index (κ1) is 21.7. The van der Waals surface area contributed by atoms with E-state index in [4.69, 9.17) is 10.5 Å². The molecule has 1 fully saturated rings. The fourth-order valence-electron chi connectivity index (χ4n) is 4.10. The quantitative estimate of drug-likeness (QED) is 0.709. The molecule has 0 aromatic heterocycles. The molecule has 1 aliphatic carbocycles. The summed E-state index contributed by atoms with van der Waals surface area (Å²) in [6.45, 7) is 4.66. The zero-order valence-corrected chi connectivity index (χ0v) is 17.2. The predicted molar refractivity (Wildman–Crippen MR) is 113 cm³/mol. The summed E-state index contributed by atoms with van der Waals surface area (Å²) in [5.74, 6) is 1.24. The Bertz CT molecular complexity index is 691. The third-order valence-electron chi connectivity index (χ3n) is 5.59. The van der Waals surface area contributed by atoms with Crippen LogP contribution in [0.4, 0.5) is 0 Å². The fourth-order valence-corrected chi connectivity index (χ4v) is 4.10. The van der Waals surface area contributed by atoms with E-state index in [0.29, 0.717) is 12.5 Å². The molecule has 0 aliphatic heterocycles. The molecule has 2 aromatic carbocycles. The Morgan fingerprint density at radius 1 is 1.04 bits per heavy atom. The molecular weight excluding hydrogens is 358 g/mol. The second-order valence-corrected chi connectivity index (χ2v) is 7.67. The summed E-state index contributed by atoms with van der Waals surface area (Å²) in [7, 11) is 0. The summed E-state index contributed by atoms with van der Waals surface area (Å²) in [5, 5.41) is 10.7. The number of hydrogen-bond acceptors (Lipinski definition) is 3. The highest BCUT2D eigenvalue weighted by molar-refractivity contribution is 5.85. The molecule has 2 atom stereocenters. The first-order chi connectivity index (χ1) is 12.6. The van der Waals surface area contributed by atoms with Crippen LogP contribution in [0.25, 0.3) is 0 Å². The first-order valence-electron chi connectivity index (χ1n) is 9.78. The Morgan fingerprint density at radius 2 is 1.63 bits per heavy atom. The highest BCUT2D eigenvalue weighted by Gasteiger charge is 2.28. The Hall–Kier alpha value is -1.55. The Labute approximate surface area is 169 Å². The first-order valence-corrected chi connectivity index (χ1v) is 9.78. The lowest BCUT2D eigenvalue weighted by Crippen LogP contribution is -2.34. The summed E-state index contributed by atoms with van der Waals surface area (Å²) < 4.78 is 6.06. The van der Waals surface area contributed by atoms with E-state index in [-0.39, 0.29) is 18.4 Å². The van der Waals surface area contributed by atoms with Gasteiger partial charge in [-0.1, -0.05) is 61.7 Å². The lowest BCUT2D eigenvalue weighted by atomic mass is 9.81. The molecule has 0 radical (unpaired) electrons. The Morgan fingerprint density at radius 3 is 2.22 bits per heavy atom. The molecule has 0 amide bonds. The van der Waals surface area contributed by atoms with E-state index in [1.54, 1.807) is 0 Å². The standard InChI is InChI=1S/C23H31NO2.ClH/c1-16-13-20(21(24)22(25)19-11-7-4-8-12-19)14-17(2)23(16)26-15-18-9-5-3-6-10-18;/h3,5-6,9-10,13-14,19,21-22,25H,4,7-8,11-12,15,24H2,1-2H3;1H/t21-,22+;/m0./s1. The van der Waals surface area contributed by atoms with Gasteiger partial charge in [0.1, 0.15) is 12.4 Å². The molecule has 0 unspecified atom stereocenters. The second-order valence-electron chi connectivity index (χ2n) is 7.67. The Kier molecular flexibility index (Phi) is 8.15. The number of rotatable bonds is 6. The van der Waals surface area contributed by atoms with E-state index in [9.17, 15) is 5.11 Å². The van der Waals surface area contributed by atoms with Crippen LogP contribution in [-0.2, 0) is 6.61 Å². The minimum absolute atomic E-state index is 0. The second kappa shape index (κ2) is 10.1. The summed E-state index contributed by atoms with van der Waals surface area (Å²) in [5.41, 5.74) is 10.7. The van der Waals surface area contributed by atoms with Crippen molar-refractivity contribution in [1.82, 2.24) is 0 Å². The van der Waals surface area contributed by atoms with Crippen LogP contribution >= 0.6 is 12.4 Å². The molecule has 3 nitrogen and oxygen atoms in total. The van der Waals surface area contributed by atoms with Crippen molar-refractivity contribution in [2.45, 2.75) is 64.7 Å². The van der Waals surface area contributed by atoms with Crippen molar-refractivity contribution in [2.24, 2.45) is 11.7 Å². The van der Waals surface area contributed by atoms with Gasteiger partial charge in [-0.15, -0.1) is 12.4 Å². The van der Waals surface area contributed by atoms with Crippen molar-refractivity contribution < 1.29 is 9.84 Å². The van der Waals surface area contributed by atoms with Gasteiger partial charge in [-0.05, 0) is 54.9 Å². The Balaban J connectivity index is 0.00000261. The average molecular weight is 390 g/mol. The summed E-state index contributed by atoms with van der Waals surface area (Å²) >= 11 is 0. The molecule has 27 heavy (non-hydrogen) atoms. The zero-order chi connectivity index (χ0) is 18.5. The molecule has 1 saturated carbocycles. The molecular formula is C23H32ClNO2. The molecule has 0 saturated heterocycles. The number of nitrogens with two attached hydrogens (primary N) is 1. The molecule has 2 aromatic rings. The van der Waals surface area contributed by atoms with Gasteiger partial charge in [0.15, 0.2) is 0 Å². The van der Waals surface area contributed by atoms with E-state index < -0.39 is 6.10 Å². The number of aliphatic hydroxyl groups is 1. The van der Waals surface area contributed by atoms with Crippen LogP contribution in [-0.4, -0.2) is 11.2 Å². The van der Waals surface area contributed by atoms with Crippen LogP contribution in [0, 0.1) is 19.8 Å². The third-order valence-corrected chi connectivity index (χ3v) is 5.59. The van der Waals surface area contributed by atoms with E-state index in [1.165, 1.54) is 19.3 Å². The normalized spacial score (nSPS) is 17.0. The lowest BCUT2D eigenvalue weighted by Gasteiger charge is -2.31. The average Bonchev–Trinajstić information content (AvgIpc) is 2.67. The van der Waals surface area contributed by atoms with Crippen molar-refractivity contribution in [3.8, 4) is 5.75 Å². The van der Waals surface area contributed by atoms with Crippen molar-refractivity contribution in [2.75, 3.05) is 0 Å². The van der Waals surface area contributed by atoms with Gasteiger partial charge >= 0.3 is 0 Å². The molecule has 148 valence electrons. The molecule has 0 heterocycles. The van der Waals surface area contributed by atoms with Crippen LogP contribution in [0.5, 0.6) is 5.75 Å². The minimum Gasteiger partial charge on any atom is -0.488 e. The maximum absolute atomic E-state index is 10.7. The van der Waals surface area contributed by atoms with Crippen molar-refractivity contribution in [3.63, 3.8) is 0 Å². The number of halogens is 1. The van der Waals surface area contributed by atoms with Crippen LogP contribution < -0.4 is 10.5 Å². The van der Waals surface area contributed by atoms with Gasteiger partial charge < -0.3 is 15.6 Å². The molecule has 0 spiro atoms. The van der Waals surface area contributed by atoms with E-state index >= 15 is 0 Å². The molecule has 4 heteroatoms. The van der Waals surface area contributed by atoms with Crippen LogP contribution in [0.2, 0.25) is 0 Å². The predicted octanol–water partition coefficient (Wildman–Crippen LogP) is 5.25.